The molecule has 0 aromatic heterocycles. The molecule has 0 aromatic carbocycles. The molecule has 0 spiro atoms. The zero-order chi connectivity index (χ0) is 14.9. The maximum Gasteiger partial charge on any atom is -0.0365 e. The Morgan fingerprint density at radius 3 is 1.20 bits per heavy atom. The molecule has 0 N–H and O–H groups in total. The second kappa shape index (κ2) is 6.84. The first kappa shape index (κ1) is 16.4. The standard InChI is InChI=1S/C20H38/c1-13(2)19-9-7-17(11-15(19)5)18-8-10-20(14(3)4)16(6)12-18/h13-20H,7-12H2,1-6H3. The lowest BCUT2D eigenvalue weighted by atomic mass is 9.61. The fourth-order valence-corrected chi connectivity index (χ4v) is 5.76. The smallest absolute Gasteiger partial charge is 0.0365 e. The van der Waals surface area contributed by atoms with Gasteiger partial charge in [-0.1, -0.05) is 41.5 Å². The minimum atomic E-state index is 0.890. The lowest BCUT2D eigenvalue weighted by Gasteiger charge is -2.44. The molecule has 0 saturated heterocycles. The molecule has 2 aliphatic rings. The molecule has 6 atom stereocenters. The van der Waals surface area contributed by atoms with Crippen molar-refractivity contribution in [3.63, 3.8) is 0 Å². The number of rotatable bonds is 3. The monoisotopic (exact) mass is 278 g/mol. The molecule has 2 aliphatic carbocycles. The van der Waals surface area contributed by atoms with Crippen LogP contribution in [0.5, 0.6) is 0 Å². The summed E-state index contributed by atoms with van der Waals surface area (Å²) < 4.78 is 0. The van der Waals surface area contributed by atoms with Crippen LogP contribution >= 0.6 is 0 Å². The first-order valence-corrected chi connectivity index (χ1v) is 9.40. The summed E-state index contributed by atoms with van der Waals surface area (Å²) in [6, 6.07) is 0. The molecule has 0 heteroatoms. The van der Waals surface area contributed by atoms with Crippen molar-refractivity contribution in [2.75, 3.05) is 0 Å². The van der Waals surface area contributed by atoms with E-state index < -0.39 is 0 Å². The molecule has 0 nitrogen and oxygen atoms in total. The minimum absolute atomic E-state index is 0.890. The van der Waals surface area contributed by atoms with E-state index in [1.807, 2.05) is 0 Å². The Balaban J connectivity index is 1.88. The van der Waals surface area contributed by atoms with Crippen molar-refractivity contribution in [2.24, 2.45) is 47.3 Å². The van der Waals surface area contributed by atoms with Gasteiger partial charge in [-0.2, -0.15) is 0 Å². The molecule has 118 valence electrons. The van der Waals surface area contributed by atoms with E-state index in [0.29, 0.717) is 0 Å². The topological polar surface area (TPSA) is 0 Å². The third-order valence-electron chi connectivity index (χ3n) is 6.93. The third kappa shape index (κ3) is 3.60. The summed E-state index contributed by atoms with van der Waals surface area (Å²) in [5.41, 5.74) is 0. The second-order valence-electron chi connectivity index (χ2n) is 8.92. The van der Waals surface area contributed by atoms with Gasteiger partial charge in [0.1, 0.15) is 0 Å². The molecule has 20 heavy (non-hydrogen) atoms. The van der Waals surface area contributed by atoms with Gasteiger partial charge in [-0.3, -0.25) is 0 Å². The highest BCUT2D eigenvalue weighted by Crippen LogP contribution is 2.47. The summed E-state index contributed by atoms with van der Waals surface area (Å²) in [6.45, 7) is 14.8. The molecule has 2 rings (SSSR count). The summed E-state index contributed by atoms with van der Waals surface area (Å²) >= 11 is 0. The normalized spacial score (nSPS) is 43.2. The minimum Gasteiger partial charge on any atom is -0.0625 e. The quantitative estimate of drug-likeness (QED) is 0.560. The van der Waals surface area contributed by atoms with E-state index in [4.69, 9.17) is 0 Å². The van der Waals surface area contributed by atoms with Crippen LogP contribution in [0.2, 0.25) is 0 Å². The highest BCUT2D eigenvalue weighted by atomic mass is 14.4. The first-order chi connectivity index (χ1) is 9.40. The molecular weight excluding hydrogens is 240 g/mol. The summed E-state index contributed by atoms with van der Waals surface area (Å²) in [5.74, 6) is 7.80. The van der Waals surface area contributed by atoms with Crippen LogP contribution < -0.4 is 0 Å². The van der Waals surface area contributed by atoms with Crippen LogP contribution in [0.25, 0.3) is 0 Å². The van der Waals surface area contributed by atoms with Crippen molar-refractivity contribution in [1.29, 1.82) is 0 Å². The molecule has 6 unspecified atom stereocenters. The van der Waals surface area contributed by atoms with Crippen molar-refractivity contribution in [3.8, 4) is 0 Å². The van der Waals surface area contributed by atoms with E-state index in [-0.39, 0.29) is 0 Å². The molecule has 0 amide bonds. The van der Waals surface area contributed by atoms with Gasteiger partial charge in [0, 0.05) is 0 Å². The van der Waals surface area contributed by atoms with Crippen molar-refractivity contribution in [3.05, 3.63) is 0 Å². The lowest BCUT2D eigenvalue weighted by Crippen LogP contribution is -2.34. The second-order valence-corrected chi connectivity index (χ2v) is 8.92. The van der Waals surface area contributed by atoms with Crippen LogP contribution in [-0.4, -0.2) is 0 Å². The molecule has 0 bridgehead atoms. The third-order valence-corrected chi connectivity index (χ3v) is 6.93. The highest BCUT2D eigenvalue weighted by molar-refractivity contribution is 4.87. The van der Waals surface area contributed by atoms with E-state index in [0.717, 1.165) is 47.3 Å². The molecular formula is C20H38. The van der Waals surface area contributed by atoms with E-state index in [2.05, 4.69) is 41.5 Å². The molecule has 0 heterocycles. The van der Waals surface area contributed by atoms with E-state index in [9.17, 15) is 0 Å². The SMILES string of the molecule is CC(C)C1CCC(C2CCC(C(C)C)C(C)C2)CC1C. The fourth-order valence-electron chi connectivity index (χ4n) is 5.76. The summed E-state index contributed by atoms with van der Waals surface area (Å²) in [6.07, 6.45) is 9.09. The predicted octanol–water partition coefficient (Wildman–Crippen LogP) is 6.40. The Kier molecular flexibility index (Phi) is 5.60. The lowest BCUT2D eigenvalue weighted by molar-refractivity contribution is 0.0617. The van der Waals surface area contributed by atoms with Crippen LogP contribution in [0, 0.1) is 47.3 Å². The van der Waals surface area contributed by atoms with Crippen molar-refractivity contribution in [2.45, 2.75) is 80.1 Å². The summed E-state index contributed by atoms with van der Waals surface area (Å²) in [5, 5.41) is 0. The summed E-state index contributed by atoms with van der Waals surface area (Å²) in [4.78, 5) is 0. The van der Waals surface area contributed by atoms with Crippen molar-refractivity contribution >= 4 is 0 Å². The Morgan fingerprint density at radius 1 is 0.600 bits per heavy atom. The van der Waals surface area contributed by atoms with E-state index >= 15 is 0 Å². The molecule has 0 radical (unpaired) electrons. The van der Waals surface area contributed by atoms with Crippen LogP contribution in [0.3, 0.4) is 0 Å². The molecule has 2 fully saturated rings. The number of hydrogen-bond donors (Lipinski definition) is 0. The largest absolute Gasteiger partial charge is 0.0625 e. The number of hydrogen-bond acceptors (Lipinski definition) is 0. The molecule has 0 aliphatic heterocycles. The van der Waals surface area contributed by atoms with Crippen LogP contribution in [0.15, 0.2) is 0 Å². The Hall–Kier alpha value is 0. The Labute approximate surface area is 128 Å². The van der Waals surface area contributed by atoms with Gasteiger partial charge in [0.2, 0.25) is 0 Å². The first-order valence-electron chi connectivity index (χ1n) is 9.40. The average Bonchev–Trinajstić information content (AvgIpc) is 2.37. The van der Waals surface area contributed by atoms with Gasteiger partial charge in [-0.25, -0.2) is 0 Å². The van der Waals surface area contributed by atoms with Gasteiger partial charge >= 0.3 is 0 Å². The van der Waals surface area contributed by atoms with Crippen molar-refractivity contribution in [1.82, 2.24) is 0 Å². The fraction of sp³-hybridized carbons (Fsp3) is 1.00. The molecule has 2 saturated carbocycles. The van der Waals surface area contributed by atoms with Crippen LogP contribution in [-0.2, 0) is 0 Å². The maximum absolute atomic E-state index is 2.53. The molecule has 0 aromatic rings. The maximum atomic E-state index is 2.53. The summed E-state index contributed by atoms with van der Waals surface area (Å²) in [7, 11) is 0. The van der Waals surface area contributed by atoms with Crippen LogP contribution in [0.1, 0.15) is 80.1 Å². The van der Waals surface area contributed by atoms with Gasteiger partial charge in [-0.05, 0) is 85.9 Å². The Morgan fingerprint density at radius 2 is 0.950 bits per heavy atom. The van der Waals surface area contributed by atoms with Crippen molar-refractivity contribution < 1.29 is 0 Å². The zero-order valence-electron chi connectivity index (χ0n) is 14.9. The van der Waals surface area contributed by atoms with E-state index in [1.54, 1.807) is 0 Å². The average molecular weight is 279 g/mol. The van der Waals surface area contributed by atoms with Gasteiger partial charge < -0.3 is 0 Å². The van der Waals surface area contributed by atoms with Gasteiger partial charge in [-0.15, -0.1) is 0 Å². The highest BCUT2D eigenvalue weighted by Gasteiger charge is 2.37. The van der Waals surface area contributed by atoms with Gasteiger partial charge in [0.05, 0.1) is 0 Å². The van der Waals surface area contributed by atoms with Crippen LogP contribution in [0.4, 0.5) is 0 Å². The van der Waals surface area contributed by atoms with Gasteiger partial charge in [0.15, 0.2) is 0 Å². The van der Waals surface area contributed by atoms with Gasteiger partial charge in [0.25, 0.3) is 0 Å². The predicted molar refractivity (Wildman–Crippen MR) is 89.7 cm³/mol. The zero-order valence-corrected chi connectivity index (χ0v) is 14.9. The Bertz CT molecular complexity index is 260. The van der Waals surface area contributed by atoms with E-state index in [1.165, 1.54) is 38.5 Å².